The zero-order chi connectivity index (χ0) is 13.4. The maximum absolute atomic E-state index is 12.9. The van der Waals surface area contributed by atoms with Gasteiger partial charge in [-0.2, -0.15) is 0 Å². The Kier molecular flexibility index (Phi) is 3.06. The molecule has 1 aromatic carbocycles. The molecule has 0 spiro atoms. The van der Waals surface area contributed by atoms with Crippen molar-refractivity contribution < 1.29 is 8.78 Å². The van der Waals surface area contributed by atoms with E-state index in [1.165, 1.54) is 11.6 Å². The molecule has 0 amide bonds. The highest BCUT2D eigenvalue weighted by atomic mass is 19.3. The summed E-state index contributed by atoms with van der Waals surface area (Å²) in [4.78, 5) is 4.15. The van der Waals surface area contributed by atoms with Crippen LogP contribution in [0.25, 0.3) is 10.9 Å². The van der Waals surface area contributed by atoms with Crippen LogP contribution in [0.15, 0.2) is 18.2 Å². The molecule has 100 valence electrons. The van der Waals surface area contributed by atoms with Crippen molar-refractivity contribution in [2.45, 2.75) is 32.1 Å². The summed E-state index contributed by atoms with van der Waals surface area (Å²) in [6.45, 7) is 0. The van der Waals surface area contributed by atoms with Crippen LogP contribution in [-0.2, 0) is 12.8 Å². The maximum atomic E-state index is 12.9. The summed E-state index contributed by atoms with van der Waals surface area (Å²) in [7, 11) is 0. The van der Waals surface area contributed by atoms with Gasteiger partial charge < -0.3 is 5.43 Å². The van der Waals surface area contributed by atoms with Gasteiger partial charge in [-0.15, -0.1) is 0 Å². The predicted molar refractivity (Wildman–Crippen MR) is 71.2 cm³/mol. The molecule has 0 unspecified atom stereocenters. The number of aromatic nitrogens is 1. The van der Waals surface area contributed by atoms with E-state index in [-0.39, 0.29) is 5.69 Å². The van der Waals surface area contributed by atoms with Crippen LogP contribution in [-0.4, -0.2) is 4.98 Å². The van der Waals surface area contributed by atoms with Gasteiger partial charge in [0, 0.05) is 5.39 Å². The molecular weight excluding hydrogens is 248 g/mol. The van der Waals surface area contributed by atoms with E-state index in [0.717, 1.165) is 36.6 Å². The molecular formula is C14H15F2N3. The summed E-state index contributed by atoms with van der Waals surface area (Å²) in [5.41, 5.74) is 5.78. The molecule has 0 radical (unpaired) electrons. The van der Waals surface area contributed by atoms with Gasteiger partial charge in [-0.3, -0.25) is 5.84 Å². The lowest BCUT2D eigenvalue weighted by Gasteiger charge is -2.19. The average molecular weight is 263 g/mol. The normalized spacial score (nSPS) is 14.7. The lowest BCUT2D eigenvalue weighted by atomic mass is 9.89. The molecule has 3 N–H and O–H groups in total. The van der Waals surface area contributed by atoms with Crippen molar-refractivity contribution in [2.24, 2.45) is 5.84 Å². The molecule has 0 bridgehead atoms. The number of hydrogen-bond donors (Lipinski definition) is 2. The molecule has 3 nitrogen and oxygen atoms in total. The van der Waals surface area contributed by atoms with E-state index in [0.29, 0.717) is 11.2 Å². The second-order valence-corrected chi connectivity index (χ2v) is 4.85. The molecule has 2 aromatic rings. The highest BCUT2D eigenvalue weighted by Gasteiger charge is 2.18. The molecule has 0 aliphatic heterocycles. The van der Waals surface area contributed by atoms with Gasteiger partial charge in [0.2, 0.25) is 0 Å². The quantitative estimate of drug-likeness (QED) is 0.645. The van der Waals surface area contributed by atoms with Crippen molar-refractivity contribution in [2.75, 3.05) is 5.43 Å². The van der Waals surface area contributed by atoms with Crippen molar-refractivity contribution in [3.63, 3.8) is 0 Å². The monoisotopic (exact) mass is 263 g/mol. The number of nitrogens with zero attached hydrogens (tertiary/aromatic N) is 1. The predicted octanol–water partition coefficient (Wildman–Crippen LogP) is 3.34. The fourth-order valence-corrected chi connectivity index (χ4v) is 2.77. The molecule has 0 saturated carbocycles. The van der Waals surface area contributed by atoms with Crippen molar-refractivity contribution in [3.05, 3.63) is 35.0 Å². The maximum Gasteiger partial charge on any atom is 0.280 e. The lowest BCUT2D eigenvalue weighted by molar-refractivity contribution is 0.146. The minimum absolute atomic E-state index is 0.223. The lowest BCUT2D eigenvalue weighted by Crippen LogP contribution is -2.11. The number of rotatable bonds is 2. The smallest absolute Gasteiger partial charge is 0.280 e. The number of nitrogen functional groups attached to an aromatic ring is 1. The first-order valence-electron chi connectivity index (χ1n) is 6.41. The third kappa shape index (κ3) is 2.04. The number of halogens is 2. The van der Waals surface area contributed by atoms with Crippen molar-refractivity contribution in [3.8, 4) is 0 Å². The van der Waals surface area contributed by atoms with Gasteiger partial charge in [-0.05, 0) is 42.9 Å². The largest absolute Gasteiger partial charge is 0.323 e. The Morgan fingerprint density at radius 3 is 2.74 bits per heavy atom. The summed E-state index contributed by atoms with van der Waals surface area (Å²) in [5.74, 6) is 5.44. The van der Waals surface area contributed by atoms with Gasteiger partial charge in [0.1, 0.15) is 5.69 Å². The first-order chi connectivity index (χ1) is 9.20. The molecule has 3 rings (SSSR count). The summed E-state index contributed by atoms with van der Waals surface area (Å²) in [6.07, 6.45) is 1.54. The SMILES string of the molecule is NNc1cc(C(F)F)nc2c3c(ccc12)CCCC3. The van der Waals surface area contributed by atoms with Gasteiger partial charge in [-0.1, -0.05) is 12.1 Å². The molecule has 0 fully saturated rings. The van der Waals surface area contributed by atoms with E-state index in [1.807, 2.05) is 6.07 Å². The first kappa shape index (κ1) is 12.3. The average Bonchev–Trinajstić information content (AvgIpc) is 2.45. The van der Waals surface area contributed by atoms with E-state index >= 15 is 0 Å². The fourth-order valence-electron chi connectivity index (χ4n) is 2.77. The van der Waals surface area contributed by atoms with Gasteiger partial charge >= 0.3 is 0 Å². The highest BCUT2D eigenvalue weighted by molar-refractivity contribution is 5.94. The Morgan fingerprint density at radius 1 is 1.21 bits per heavy atom. The number of fused-ring (bicyclic) bond motifs is 3. The molecule has 1 aliphatic rings. The molecule has 1 heterocycles. The molecule has 5 heteroatoms. The third-order valence-corrected chi connectivity index (χ3v) is 3.71. The third-order valence-electron chi connectivity index (χ3n) is 3.71. The van der Waals surface area contributed by atoms with Crippen LogP contribution in [0.5, 0.6) is 0 Å². The zero-order valence-electron chi connectivity index (χ0n) is 10.4. The molecule has 19 heavy (non-hydrogen) atoms. The first-order valence-corrected chi connectivity index (χ1v) is 6.41. The Bertz CT molecular complexity index is 626. The Morgan fingerprint density at radius 2 is 2.00 bits per heavy atom. The van der Waals surface area contributed by atoms with Crippen molar-refractivity contribution in [1.29, 1.82) is 0 Å². The minimum Gasteiger partial charge on any atom is -0.323 e. The second kappa shape index (κ2) is 4.74. The van der Waals surface area contributed by atoms with Crippen LogP contribution < -0.4 is 11.3 Å². The topological polar surface area (TPSA) is 50.9 Å². The summed E-state index contributed by atoms with van der Waals surface area (Å²) in [5, 5.41) is 0.813. The van der Waals surface area contributed by atoms with E-state index in [1.54, 1.807) is 0 Å². The van der Waals surface area contributed by atoms with Crippen LogP contribution in [0.4, 0.5) is 14.5 Å². The molecule has 1 aliphatic carbocycles. The molecule has 0 saturated heterocycles. The van der Waals surface area contributed by atoms with Gasteiger partial charge in [0.25, 0.3) is 6.43 Å². The number of benzene rings is 1. The van der Waals surface area contributed by atoms with Crippen molar-refractivity contribution >= 4 is 16.6 Å². The van der Waals surface area contributed by atoms with E-state index in [9.17, 15) is 8.78 Å². The van der Waals surface area contributed by atoms with E-state index in [4.69, 9.17) is 5.84 Å². The van der Waals surface area contributed by atoms with Gasteiger partial charge in [0.05, 0.1) is 11.2 Å². The van der Waals surface area contributed by atoms with Crippen LogP contribution in [0, 0.1) is 0 Å². The summed E-state index contributed by atoms with van der Waals surface area (Å²) in [6, 6.07) is 5.29. The zero-order valence-corrected chi connectivity index (χ0v) is 10.4. The standard InChI is InChI=1S/C14H15F2N3/c15-14(16)12-7-11(19-17)10-6-5-8-3-1-2-4-9(8)13(10)18-12/h5-7,14H,1-4,17H2,(H,18,19). The second-order valence-electron chi connectivity index (χ2n) is 4.85. The van der Waals surface area contributed by atoms with Gasteiger partial charge in [-0.25, -0.2) is 13.8 Å². The van der Waals surface area contributed by atoms with Crippen LogP contribution in [0.3, 0.4) is 0 Å². The number of hydrogen-bond acceptors (Lipinski definition) is 3. The summed E-state index contributed by atoms with van der Waals surface area (Å²) >= 11 is 0. The van der Waals surface area contributed by atoms with E-state index < -0.39 is 6.43 Å². The number of nitrogens with two attached hydrogens (primary N) is 1. The van der Waals surface area contributed by atoms with Crippen molar-refractivity contribution in [1.82, 2.24) is 4.98 Å². The number of alkyl halides is 2. The minimum atomic E-state index is -2.59. The Balaban J connectivity index is 2.31. The number of anilines is 1. The number of hydrazine groups is 1. The highest BCUT2D eigenvalue weighted by Crippen LogP contribution is 2.33. The van der Waals surface area contributed by atoms with E-state index in [2.05, 4.69) is 16.5 Å². The molecule has 1 aromatic heterocycles. The van der Waals surface area contributed by atoms with Crippen LogP contribution >= 0.6 is 0 Å². The number of aryl methyl sites for hydroxylation is 2. The Labute approximate surface area is 109 Å². The number of nitrogens with one attached hydrogen (secondary N) is 1. The molecule has 0 atom stereocenters. The van der Waals surface area contributed by atoms with Crippen LogP contribution in [0.1, 0.15) is 36.1 Å². The van der Waals surface area contributed by atoms with Crippen LogP contribution in [0.2, 0.25) is 0 Å². The fraction of sp³-hybridized carbons (Fsp3) is 0.357. The van der Waals surface area contributed by atoms with Gasteiger partial charge in [0.15, 0.2) is 0 Å². The number of pyridine rings is 1. The Hall–Kier alpha value is -1.75. The summed E-state index contributed by atoms with van der Waals surface area (Å²) < 4.78 is 25.8.